The van der Waals surface area contributed by atoms with Crippen LogP contribution in [0.15, 0.2) is 18.5 Å². The van der Waals surface area contributed by atoms with Crippen LogP contribution < -0.4 is 10.6 Å². The topological polar surface area (TPSA) is 54.0 Å². The third-order valence-corrected chi connectivity index (χ3v) is 4.30. The highest BCUT2D eigenvalue weighted by Gasteiger charge is 2.34. The quantitative estimate of drug-likeness (QED) is 0.890. The lowest BCUT2D eigenvalue weighted by atomic mass is 9.83. The second-order valence-electron chi connectivity index (χ2n) is 5.95. The number of pyridine rings is 1. The number of nitrogens with zero attached hydrogens (tertiary/aromatic N) is 1. The number of amides is 2. The van der Waals surface area contributed by atoms with E-state index in [4.69, 9.17) is 0 Å². The molecule has 3 rings (SSSR count). The molecule has 0 radical (unpaired) electrons. The van der Waals surface area contributed by atoms with Crippen LogP contribution in [0.3, 0.4) is 0 Å². The van der Waals surface area contributed by atoms with Crippen molar-refractivity contribution >= 4 is 11.7 Å². The van der Waals surface area contributed by atoms with Crippen molar-refractivity contribution in [2.75, 3.05) is 5.32 Å². The molecule has 2 aliphatic rings. The molecule has 0 unspecified atom stereocenters. The number of nitrogens with one attached hydrogen (secondary N) is 2. The second kappa shape index (κ2) is 5.77. The zero-order valence-electron chi connectivity index (χ0n) is 11.4. The average molecular weight is 277 g/mol. The van der Waals surface area contributed by atoms with Gasteiger partial charge in [0.05, 0.1) is 18.1 Å². The van der Waals surface area contributed by atoms with Crippen LogP contribution in [0.2, 0.25) is 0 Å². The number of hydrogen-bond donors (Lipinski definition) is 2. The number of carbonyl (C=O) groups is 1. The molecule has 2 aliphatic carbocycles. The number of halogens is 1. The summed E-state index contributed by atoms with van der Waals surface area (Å²) in [6.45, 7) is 0. The zero-order valence-corrected chi connectivity index (χ0v) is 11.4. The second-order valence-corrected chi connectivity index (χ2v) is 5.95. The molecule has 0 bridgehead atoms. The smallest absolute Gasteiger partial charge is 0.319 e. The predicted molar refractivity (Wildman–Crippen MR) is 74.8 cm³/mol. The molecule has 5 heteroatoms. The molecule has 1 aromatic rings. The van der Waals surface area contributed by atoms with Gasteiger partial charge in [0.1, 0.15) is 5.82 Å². The van der Waals surface area contributed by atoms with E-state index in [1.165, 1.54) is 37.9 Å². The average Bonchev–Trinajstić information content (AvgIpc) is 3.23. The first-order valence-corrected chi connectivity index (χ1v) is 7.39. The summed E-state index contributed by atoms with van der Waals surface area (Å²) in [4.78, 5) is 15.6. The number of carbonyl (C=O) groups excluding carboxylic acids is 1. The fourth-order valence-corrected chi connectivity index (χ4v) is 3.19. The van der Waals surface area contributed by atoms with E-state index in [1.807, 2.05) is 0 Å². The summed E-state index contributed by atoms with van der Waals surface area (Å²) in [6.07, 6.45) is 9.89. The van der Waals surface area contributed by atoms with Crippen molar-refractivity contribution in [1.82, 2.24) is 10.3 Å². The number of hydrogen-bond acceptors (Lipinski definition) is 2. The largest absolute Gasteiger partial charge is 0.335 e. The van der Waals surface area contributed by atoms with Gasteiger partial charge in [-0.1, -0.05) is 12.8 Å². The van der Waals surface area contributed by atoms with Crippen molar-refractivity contribution in [1.29, 1.82) is 0 Å². The maximum atomic E-state index is 13.0. The molecule has 1 heterocycles. The van der Waals surface area contributed by atoms with E-state index in [-0.39, 0.29) is 12.1 Å². The highest BCUT2D eigenvalue weighted by molar-refractivity contribution is 5.89. The summed E-state index contributed by atoms with van der Waals surface area (Å²) in [5.74, 6) is 1.23. The number of anilines is 1. The highest BCUT2D eigenvalue weighted by atomic mass is 19.1. The summed E-state index contributed by atoms with van der Waals surface area (Å²) < 4.78 is 13.0. The predicted octanol–water partition coefficient (Wildman–Crippen LogP) is 3.31. The van der Waals surface area contributed by atoms with E-state index in [1.54, 1.807) is 0 Å². The molecule has 0 aromatic carbocycles. The van der Waals surface area contributed by atoms with Crippen LogP contribution in [0.4, 0.5) is 14.9 Å². The van der Waals surface area contributed by atoms with E-state index in [0.29, 0.717) is 5.69 Å². The molecule has 2 fully saturated rings. The molecular formula is C15H20FN3O. The summed E-state index contributed by atoms with van der Waals surface area (Å²) >= 11 is 0. The lowest BCUT2D eigenvalue weighted by Crippen LogP contribution is -2.41. The summed E-state index contributed by atoms with van der Waals surface area (Å²) in [5, 5.41) is 5.64. The Labute approximate surface area is 118 Å². The van der Waals surface area contributed by atoms with Gasteiger partial charge in [-0.2, -0.15) is 0 Å². The van der Waals surface area contributed by atoms with Crippen LogP contribution >= 0.6 is 0 Å². The minimum Gasteiger partial charge on any atom is -0.335 e. The molecule has 20 heavy (non-hydrogen) atoms. The Hall–Kier alpha value is -1.65. The van der Waals surface area contributed by atoms with E-state index in [2.05, 4.69) is 15.6 Å². The van der Waals surface area contributed by atoms with Gasteiger partial charge in [0.15, 0.2) is 0 Å². The van der Waals surface area contributed by atoms with Crippen LogP contribution in [-0.2, 0) is 0 Å². The van der Waals surface area contributed by atoms with Crippen LogP contribution in [0.25, 0.3) is 0 Å². The maximum absolute atomic E-state index is 13.0. The Morgan fingerprint density at radius 2 is 2.05 bits per heavy atom. The van der Waals surface area contributed by atoms with Crippen molar-refractivity contribution in [2.24, 2.45) is 11.8 Å². The Balaban J connectivity index is 1.50. The van der Waals surface area contributed by atoms with Gasteiger partial charge in [-0.15, -0.1) is 0 Å². The van der Waals surface area contributed by atoms with Crippen LogP contribution in [0.1, 0.15) is 38.5 Å². The van der Waals surface area contributed by atoms with Crippen LogP contribution in [0.5, 0.6) is 0 Å². The SMILES string of the molecule is O=C(Nc1cncc(F)c1)N[C@@H]1CCC[C@H](C2CC2)C1. The fourth-order valence-electron chi connectivity index (χ4n) is 3.19. The number of rotatable bonds is 3. The molecule has 2 atom stereocenters. The molecular weight excluding hydrogens is 257 g/mol. The molecule has 2 saturated carbocycles. The first-order valence-electron chi connectivity index (χ1n) is 7.39. The van der Waals surface area contributed by atoms with Crippen molar-refractivity contribution in [3.8, 4) is 0 Å². The van der Waals surface area contributed by atoms with Crippen molar-refractivity contribution in [3.05, 3.63) is 24.3 Å². The molecule has 2 N–H and O–H groups in total. The molecule has 108 valence electrons. The molecule has 1 aromatic heterocycles. The molecule has 0 aliphatic heterocycles. The van der Waals surface area contributed by atoms with E-state index < -0.39 is 5.82 Å². The number of urea groups is 1. The van der Waals surface area contributed by atoms with Gasteiger partial charge in [-0.05, 0) is 37.5 Å². The summed E-state index contributed by atoms with van der Waals surface area (Å²) in [7, 11) is 0. The molecule has 0 saturated heterocycles. The standard InChI is InChI=1S/C15H20FN3O/c16-12-7-14(9-17-8-12)19-15(20)18-13-3-1-2-11(6-13)10-4-5-10/h7-11,13H,1-6H2,(H2,18,19,20)/t11-,13+/m0/s1. The van der Waals surface area contributed by atoms with Gasteiger partial charge in [0, 0.05) is 12.1 Å². The van der Waals surface area contributed by atoms with Gasteiger partial charge >= 0.3 is 6.03 Å². The highest BCUT2D eigenvalue weighted by Crippen LogP contribution is 2.43. The molecule has 2 amide bonds. The first kappa shape index (κ1) is 13.3. The lowest BCUT2D eigenvalue weighted by Gasteiger charge is -2.29. The number of aromatic nitrogens is 1. The maximum Gasteiger partial charge on any atom is 0.319 e. The summed E-state index contributed by atoms with van der Waals surface area (Å²) in [5.41, 5.74) is 0.386. The minimum absolute atomic E-state index is 0.246. The minimum atomic E-state index is -0.450. The third-order valence-electron chi connectivity index (χ3n) is 4.30. The zero-order chi connectivity index (χ0) is 13.9. The summed E-state index contributed by atoms with van der Waals surface area (Å²) in [6, 6.07) is 1.25. The third kappa shape index (κ3) is 3.46. The Kier molecular flexibility index (Phi) is 3.85. The van der Waals surface area contributed by atoms with Crippen molar-refractivity contribution in [2.45, 2.75) is 44.6 Å². The van der Waals surface area contributed by atoms with E-state index in [9.17, 15) is 9.18 Å². The Morgan fingerprint density at radius 3 is 2.80 bits per heavy atom. The van der Waals surface area contributed by atoms with E-state index in [0.717, 1.165) is 30.9 Å². The Bertz CT molecular complexity index is 490. The lowest BCUT2D eigenvalue weighted by molar-refractivity contribution is 0.230. The normalized spacial score (nSPS) is 26.1. The molecule has 0 spiro atoms. The van der Waals surface area contributed by atoms with Crippen LogP contribution in [0, 0.1) is 17.7 Å². The van der Waals surface area contributed by atoms with Crippen molar-refractivity contribution in [3.63, 3.8) is 0 Å². The van der Waals surface area contributed by atoms with Gasteiger partial charge in [0.25, 0.3) is 0 Å². The molecule has 4 nitrogen and oxygen atoms in total. The monoisotopic (exact) mass is 277 g/mol. The van der Waals surface area contributed by atoms with Gasteiger partial charge < -0.3 is 10.6 Å². The fraction of sp³-hybridized carbons (Fsp3) is 0.600. The van der Waals surface area contributed by atoms with Crippen molar-refractivity contribution < 1.29 is 9.18 Å². The van der Waals surface area contributed by atoms with Gasteiger partial charge in [0.2, 0.25) is 0 Å². The Morgan fingerprint density at radius 1 is 1.20 bits per heavy atom. The first-order chi connectivity index (χ1) is 9.70. The van der Waals surface area contributed by atoms with Gasteiger partial charge in [-0.3, -0.25) is 4.98 Å². The van der Waals surface area contributed by atoms with E-state index >= 15 is 0 Å². The van der Waals surface area contributed by atoms with Crippen LogP contribution in [-0.4, -0.2) is 17.1 Å². The van der Waals surface area contributed by atoms with Gasteiger partial charge in [-0.25, -0.2) is 9.18 Å².